The lowest BCUT2D eigenvalue weighted by Crippen LogP contribution is -2.38. The molecule has 1 aromatic heterocycles. The lowest BCUT2D eigenvalue weighted by molar-refractivity contribution is -0.145. The van der Waals surface area contributed by atoms with Gasteiger partial charge < -0.3 is 14.0 Å². The van der Waals surface area contributed by atoms with Gasteiger partial charge in [-0.1, -0.05) is 0 Å². The largest absolute Gasteiger partial charge is 0.463 e. The third kappa shape index (κ3) is 4.16. The number of morpholine rings is 1. The van der Waals surface area contributed by atoms with Gasteiger partial charge in [-0.15, -0.1) is 0 Å². The third-order valence-corrected chi connectivity index (χ3v) is 2.65. The minimum atomic E-state index is -0.226. The van der Waals surface area contributed by atoms with Crippen molar-refractivity contribution in [1.82, 2.24) is 14.5 Å². The molecule has 2 heterocycles. The molecule has 17 heavy (non-hydrogen) atoms. The predicted molar refractivity (Wildman–Crippen MR) is 60.4 cm³/mol. The van der Waals surface area contributed by atoms with Crippen LogP contribution in [0.5, 0.6) is 0 Å². The Morgan fingerprint density at radius 2 is 2.24 bits per heavy atom. The summed E-state index contributed by atoms with van der Waals surface area (Å²) >= 11 is 0. The van der Waals surface area contributed by atoms with Crippen LogP contribution in [0.15, 0.2) is 18.7 Å². The highest BCUT2D eigenvalue weighted by Crippen LogP contribution is 1.96. The molecule has 0 aromatic carbocycles. The molecule has 0 radical (unpaired) electrons. The summed E-state index contributed by atoms with van der Waals surface area (Å²) in [6.07, 6.45) is 4.98. The molecule has 6 heteroatoms. The van der Waals surface area contributed by atoms with Crippen LogP contribution in [0.1, 0.15) is 0 Å². The molecule has 1 aromatic rings. The topological polar surface area (TPSA) is 56.6 Å². The van der Waals surface area contributed by atoms with Gasteiger partial charge in [-0.05, 0) is 0 Å². The van der Waals surface area contributed by atoms with Gasteiger partial charge >= 0.3 is 5.97 Å². The second kappa shape index (κ2) is 6.36. The number of aromatic nitrogens is 2. The van der Waals surface area contributed by atoms with E-state index >= 15 is 0 Å². The lowest BCUT2D eigenvalue weighted by atomic mass is 10.4. The van der Waals surface area contributed by atoms with Gasteiger partial charge in [0.2, 0.25) is 0 Å². The van der Waals surface area contributed by atoms with Crippen molar-refractivity contribution in [2.75, 3.05) is 39.5 Å². The normalized spacial score (nSPS) is 16.9. The molecule has 94 valence electrons. The van der Waals surface area contributed by atoms with Gasteiger partial charge in [-0.25, -0.2) is 4.98 Å². The summed E-state index contributed by atoms with van der Waals surface area (Å²) in [7, 11) is 0. The zero-order chi connectivity index (χ0) is 11.9. The number of esters is 1. The molecule has 1 saturated heterocycles. The molecule has 1 aliphatic heterocycles. The number of carbonyl (C=O) groups is 1. The Morgan fingerprint density at radius 3 is 2.94 bits per heavy atom. The Balaban J connectivity index is 1.59. The Kier molecular flexibility index (Phi) is 4.52. The third-order valence-electron chi connectivity index (χ3n) is 2.65. The van der Waals surface area contributed by atoms with Crippen molar-refractivity contribution in [2.45, 2.75) is 6.54 Å². The van der Waals surface area contributed by atoms with Crippen molar-refractivity contribution in [3.8, 4) is 0 Å². The molecular formula is C11H17N3O3. The summed E-state index contributed by atoms with van der Waals surface area (Å²) in [6, 6.07) is 0. The fraction of sp³-hybridized carbons (Fsp3) is 0.636. The Morgan fingerprint density at radius 1 is 1.41 bits per heavy atom. The summed E-state index contributed by atoms with van der Waals surface area (Å²) in [6.45, 7) is 4.81. The van der Waals surface area contributed by atoms with Gasteiger partial charge in [0, 0.05) is 32.0 Å². The SMILES string of the molecule is O=C(Cn1ccnc1)OCCN1CCOCC1. The van der Waals surface area contributed by atoms with E-state index in [4.69, 9.17) is 9.47 Å². The highest BCUT2D eigenvalue weighted by molar-refractivity contribution is 5.69. The molecule has 1 aliphatic rings. The standard InChI is InChI=1S/C11H17N3O3/c15-11(9-14-2-1-12-10-14)17-8-5-13-3-6-16-7-4-13/h1-2,10H,3-9H2. The van der Waals surface area contributed by atoms with E-state index in [0.717, 1.165) is 32.8 Å². The van der Waals surface area contributed by atoms with Crippen molar-refractivity contribution in [2.24, 2.45) is 0 Å². The van der Waals surface area contributed by atoms with E-state index in [2.05, 4.69) is 9.88 Å². The number of ether oxygens (including phenoxy) is 2. The van der Waals surface area contributed by atoms with Crippen molar-refractivity contribution < 1.29 is 14.3 Å². The van der Waals surface area contributed by atoms with Crippen LogP contribution >= 0.6 is 0 Å². The highest BCUT2D eigenvalue weighted by Gasteiger charge is 2.10. The number of nitrogens with zero attached hydrogens (tertiary/aromatic N) is 3. The van der Waals surface area contributed by atoms with Crippen LogP contribution in [0, 0.1) is 0 Å². The first-order chi connectivity index (χ1) is 8.34. The van der Waals surface area contributed by atoms with E-state index in [0.29, 0.717) is 6.61 Å². The van der Waals surface area contributed by atoms with Crippen molar-refractivity contribution in [3.63, 3.8) is 0 Å². The number of carbonyl (C=O) groups excluding carboxylic acids is 1. The van der Waals surface area contributed by atoms with E-state index in [1.165, 1.54) is 0 Å². The predicted octanol–water partition coefficient (Wildman–Crippen LogP) is -0.242. The van der Waals surface area contributed by atoms with Crippen LogP contribution in [0.25, 0.3) is 0 Å². The summed E-state index contributed by atoms with van der Waals surface area (Å²) in [5.41, 5.74) is 0. The number of hydrogen-bond donors (Lipinski definition) is 0. The van der Waals surface area contributed by atoms with Crippen LogP contribution in [0.2, 0.25) is 0 Å². The van der Waals surface area contributed by atoms with Crippen LogP contribution < -0.4 is 0 Å². The summed E-state index contributed by atoms with van der Waals surface area (Å²) in [5.74, 6) is -0.226. The quantitative estimate of drug-likeness (QED) is 0.664. The van der Waals surface area contributed by atoms with E-state index in [9.17, 15) is 4.79 Å². The highest BCUT2D eigenvalue weighted by atomic mass is 16.5. The Hall–Kier alpha value is -1.40. The molecule has 0 N–H and O–H groups in total. The molecule has 6 nitrogen and oxygen atoms in total. The van der Waals surface area contributed by atoms with E-state index < -0.39 is 0 Å². The van der Waals surface area contributed by atoms with Crippen LogP contribution in [0.4, 0.5) is 0 Å². The lowest BCUT2D eigenvalue weighted by Gasteiger charge is -2.26. The number of hydrogen-bond acceptors (Lipinski definition) is 5. The molecule has 0 aliphatic carbocycles. The van der Waals surface area contributed by atoms with Gasteiger partial charge in [0.25, 0.3) is 0 Å². The smallest absolute Gasteiger partial charge is 0.326 e. The maximum absolute atomic E-state index is 11.4. The van der Waals surface area contributed by atoms with Crippen molar-refractivity contribution in [3.05, 3.63) is 18.7 Å². The van der Waals surface area contributed by atoms with Crippen molar-refractivity contribution >= 4 is 5.97 Å². The summed E-state index contributed by atoms with van der Waals surface area (Å²) in [5, 5.41) is 0. The van der Waals surface area contributed by atoms with Crippen LogP contribution in [-0.4, -0.2) is 59.9 Å². The van der Waals surface area contributed by atoms with Gasteiger partial charge in [-0.2, -0.15) is 0 Å². The maximum atomic E-state index is 11.4. The molecule has 0 bridgehead atoms. The molecule has 1 fully saturated rings. The minimum Gasteiger partial charge on any atom is -0.463 e. The second-order valence-corrected chi connectivity index (χ2v) is 3.91. The first kappa shape index (κ1) is 12.1. The number of rotatable bonds is 5. The zero-order valence-electron chi connectivity index (χ0n) is 9.75. The summed E-state index contributed by atoms with van der Waals surface area (Å²) < 4.78 is 12.1. The Labute approximate surface area is 100 Å². The first-order valence-electron chi connectivity index (χ1n) is 5.76. The van der Waals surface area contributed by atoms with Gasteiger partial charge in [0.1, 0.15) is 13.2 Å². The monoisotopic (exact) mass is 239 g/mol. The van der Waals surface area contributed by atoms with E-state index in [1.807, 2.05) is 0 Å². The van der Waals surface area contributed by atoms with Crippen LogP contribution in [-0.2, 0) is 20.8 Å². The van der Waals surface area contributed by atoms with Crippen LogP contribution in [0.3, 0.4) is 0 Å². The molecular weight excluding hydrogens is 222 g/mol. The fourth-order valence-corrected chi connectivity index (χ4v) is 1.69. The van der Waals surface area contributed by atoms with E-state index in [1.54, 1.807) is 23.3 Å². The second-order valence-electron chi connectivity index (χ2n) is 3.91. The zero-order valence-corrected chi connectivity index (χ0v) is 9.75. The van der Waals surface area contributed by atoms with Gasteiger partial charge in [0.05, 0.1) is 19.5 Å². The minimum absolute atomic E-state index is 0.225. The average Bonchev–Trinajstić information content (AvgIpc) is 2.83. The molecule has 0 saturated carbocycles. The van der Waals surface area contributed by atoms with Crippen molar-refractivity contribution in [1.29, 1.82) is 0 Å². The first-order valence-corrected chi connectivity index (χ1v) is 5.76. The van der Waals surface area contributed by atoms with Gasteiger partial charge in [-0.3, -0.25) is 9.69 Å². The van der Waals surface area contributed by atoms with Gasteiger partial charge in [0.15, 0.2) is 0 Å². The molecule has 0 unspecified atom stereocenters. The molecule has 0 atom stereocenters. The maximum Gasteiger partial charge on any atom is 0.326 e. The summed E-state index contributed by atoms with van der Waals surface area (Å²) in [4.78, 5) is 17.5. The fourth-order valence-electron chi connectivity index (χ4n) is 1.69. The Bertz CT molecular complexity index is 334. The average molecular weight is 239 g/mol. The molecule has 0 amide bonds. The number of imidazole rings is 1. The molecule has 0 spiro atoms. The molecule has 2 rings (SSSR count). The van der Waals surface area contributed by atoms with E-state index in [-0.39, 0.29) is 12.5 Å².